The fourth-order valence-corrected chi connectivity index (χ4v) is 4.61. The highest BCUT2D eigenvalue weighted by atomic mass is 32.2. The largest absolute Gasteiger partial charge is 0.324 e. The van der Waals surface area contributed by atoms with E-state index in [9.17, 15) is 17.2 Å². The predicted octanol–water partition coefficient (Wildman–Crippen LogP) is 4.08. The Hall–Kier alpha value is -3.33. The van der Waals surface area contributed by atoms with Crippen LogP contribution in [-0.2, 0) is 16.6 Å². The number of aliphatic imine (C=N–C) groups is 1. The fraction of sp³-hybridized carbons (Fsp3) is 0.182. The number of nitrogens with zero attached hydrogens (tertiary/aromatic N) is 2. The molecule has 0 saturated heterocycles. The van der Waals surface area contributed by atoms with Crippen LogP contribution in [0.2, 0.25) is 0 Å². The average Bonchev–Trinajstić information content (AvgIpc) is 2.72. The van der Waals surface area contributed by atoms with E-state index >= 15 is 0 Å². The van der Waals surface area contributed by atoms with Gasteiger partial charge in [0, 0.05) is 23.4 Å². The van der Waals surface area contributed by atoms with Gasteiger partial charge in [-0.1, -0.05) is 25.1 Å². The number of fused-ring (bicyclic) bond motifs is 1. The SMILES string of the molecule is Cc1ccc(C(C)c2c(F)ccc3c2NC(=NCc2cccc(F)c2)NS3(=O)=O)cn1. The van der Waals surface area contributed by atoms with Crippen molar-refractivity contribution in [3.05, 3.63) is 88.7 Å². The van der Waals surface area contributed by atoms with Gasteiger partial charge in [-0.05, 0) is 48.4 Å². The lowest BCUT2D eigenvalue weighted by atomic mass is 9.92. The number of benzene rings is 2. The number of anilines is 1. The highest BCUT2D eigenvalue weighted by molar-refractivity contribution is 7.90. The summed E-state index contributed by atoms with van der Waals surface area (Å²) in [6, 6.07) is 11.9. The topological polar surface area (TPSA) is 83.5 Å². The molecule has 2 heterocycles. The molecule has 0 fully saturated rings. The molecule has 2 N–H and O–H groups in total. The molecule has 1 aromatic heterocycles. The van der Waals surface area contributed by atoms with Gasteiger partial charge in [-0.3, -0.25) is 4.98 Å². The van der Waals surface area contributed by atoms with Gasteiger partial charge in [0.1, 0.15) is 16.5 Å². The Kier molecular flexibility index (Phi) is 5.45. The van der Waals surface area contributed by atoms with Crippen LogP contribution >= 0.6 is 0 Å². The van der Waals surface area contributed by atoms with Crippen molar-refractivity contribution in [2.75, 3.05) is 5.32 Å². The van der Waals surface area contributed by atoms with E-state index in [1.807, 2.05) is 19.1 Å². The number of hydrogen-bond acceptors (Lipinski definition) is 4. The van der Waals surface area contributed by atoms with Crippen molar-refractivity contribution >= 4 is 21.7 Å². The second-order valence-electron chi connectivity index (χ2n) is 7.31. The van der Waals surface area contributed by atoms with Crippen molar-refractivity contribution in [1.82, 2.24) is 9.71 Å². The van der Waals surface area contributed by atoms with Gasteiger partial charge in [-0.15, -0.1) is 0 Å². The van der Waals surface area contributed by atoms with Gasteiger partial charge in [-0.2, -0.15) is 0 Å². The predicted molar refractivity (Wildman–Crippen MR) is 114 cm³/mol. The number of aromatic nitrogens is 1. The van der Waals surface area contributed by atoms with Crippen molar-refractivity contribution in [3.63, 3.8) is 0 Å². The molecule has 3 aromatic rings. The number of pyridine rings is 1. The summed E-state index contributed by atoms with van der Waals surface area (Å²) in [7, 11) is -3.97. The summed E-state index contributed by atoms with van der Waals surface area (Å²) in [5, 5.41) is 2.91. The molecule has 0 amide bonds. The highest BCUT2D eigenvalue weighted by Gasteiger charge is 2.32. The van der Waals surface area contributed by atoms with Crippen LogP contribution in [0.5, 0.6) is 0 Å². The fourth-order valence-electron chi connectivity index (χ4n) is 3.46. The molecule has 31 heavy (non-hydrogen) atoms. The van der Waals surface area contributed by atoms with E-state index in [-0.39, 0.29) is 28.7 Å². The minimum Gasteiger partial charge on any atom is -0.324 e. The minimum atomic E-state index is -3.97. The molecule has 0 bridgehead atoms. The standard InChI is InChI=1S/C22H20F2N4O2S/c1-13-6-7-16(12-25-13)14(2)20-18(24)8-9-19-21(20)27-22(28-31(19,29)30)26-11-15-4-3-5-17(23)10-15/h3-10,12,14H,11H2,1-2H3,(H2,26,27,28). The van der Waals surface area contributed by atoms with E-state index in [0.29, 0.717) is 5.56 Å². The second-order valence-corrected chi connectivity index (χ2v) is 8.96. The van der Waals surface area contributed by atoms with Gasteiger partial charge in [0.15, 0.2) is 0 Å². The zero-order chi connectivity index (χ0) is 22.2. The number of aryl methyl sites for hydroxylation is 1. The van der Waals surface area contributed by atoms with Crippen LogP contribution in [-0.4, -0.2) is 19.4 Å². The molecular formula is C22H20F2N4O2S. The van der Waals surface area contributed by atoms with Crippen LogP contribution in [0.3, 0.4) is 0 Å². The highest BCUT2D eigenvalue weighted by Crippen LogP contribution is 2.37. The van der Waals surface area contributed by atoms with Crippen molar-refractivity contribution in [3.8, 4) is 0 Å². The molecule has 9 heteroatoms. The van der Waals surface area contributed by atoms with Gasteiger partial charge in [0.2, 0.25) is 5.96 Å². The van der Waals surface area contributed by atoms with Crippen LogP contribution in [0.15, 0.2) is 64.6 Å². The normalized spacial score (nSPS) is 16.8. The molecular weight excluding hydrogens is 422 g/mol. The first-order valence-electron chi connectivity index (χ1n) is 9.58. The quantitative estimate of drug-likeness (QED) is 0.638. The summed E-state index contributed by atoms with van der Waals surface area (Å²) in [5.74, 6) is -1.47. The Balaban J connectivity index is 1.75. The van der Waals surface area contributed by atoms with Gasteiger partial charge in [-0.25, -0.2) is 26.9 Å². The van der Waals surface area contributed by atoms with Crippen LogP contribution < -0.4 is 10.0 Å². The molecule has 0 aliphatic carbocycles. The van der Waals surface area contributed by atoms with E-state index < -0.39 is 27.6 Å². The summed E-state index contributed by atoms with van der Waals surface area (Å²) in [6.45, 7) is 3.67. The molecule has 0 radical (unpaired) electrons. The number of sulfonamides is 1. The molecule has 1 aliphatic heterocycles. The smallest absolute Gasteiger partial charge is 0.266 e. The van der Waals surface area contributed by atoms with Gasteiger partial charge < -0.3 is 5.32 Å². The molecule has 0 spiro atoms. The molecule has 1 aliphatic rings. The van der Waals surface area contributed by atoms with E-state index in [0.717, 1.165) is 17.3 Å². The second kappa shape index (κ2) is 8.07. The number of halogens is 2. The lowest BCUT2D eigenvalue weighted by Gasteiger charge is -2.26. The van der Waals surface area contributed by atoms with E-state index in [1.165, 1.54) is 18.2 Å². The third-order valence-corrected chi connectivity index (χ3v) is 6.48. The lowest BCUT2D eigenvalue weighted by Crippen LogP contribution is -2.41. The van der Waals surface area contributed by atoms with Crippen molar-refractivity contribution in [2.24, 2.45) is 4.99 Å². The summed E-state index contributed by atoms with van der Waals surface area (Å²) in [4.78, 5) is 8.40. The zero-order valence-corrected chi connectivity index (χ0v) is 17.7. The Morgan fingerprint density at radius 3 is 2.65 bits per heavy atom. The van der Waals surface area contributed by atoms with Gasteiger partial charge in [0.25, 0.3) is 10.0 Å². The molecule has 1 unspecified atom stereocenters. The molecule has 0 saturated carbocycles. The van der Waals surface area contributed by atoms with Crippen molar-refractivity contribution in [2.45, 2.75) is 31.2 Å². The molecule has 160 valence electrons. The third-order valence-electron chi connectivity index (χ3n) is 5.09. The Morgan fingerprint density at radius 1 is 1.13 bits per heavy atom. The van der Waals surface area contributed by atoms with E-state index in [4.69, 9.17) is 0 Å². The third kappa shape index (κ3) is 4.27. The first kappa shape index (κ1) is 20.9. The van der Waals surface area contributed by atoms with Gasteiger partial charge in [0.05, 0.1) is 12.2 Å². The number of hydrogen-bond donors (Lipinski definition) is 2. The summed E-state index contributed by atoms with van der Waals surface area (Å²) >= 11 is 0. The Bertz CT molecular complexity index is 1280. The van der Waals surface area contributed by atoms with Crippen LogP contribution in [0.1, 0.15) is 35.2 Å². The molecule has 2 aromatic carbocycles. The van der Waals surface area contributed by atoms with Gasteiger partial charge >= 0.3 is 0 Å². The molecule has 4 rings (SSSR count). The maximum Gasteiger partial charge on any atom is 0.266 e. The number of nitrogens with one attached hydrogen (secondary N) is 2. The summed E-state index contributed by atoms with van der Waals surface area (Å²) < 4.78 is 56.2. The maximum atomic E-state index is 14.9. The average molecular weight is 442 g/mol. The maximum absolute atomic E-state index is 14.9. The van der Waals surface area contributed by atoms with E-state index in [2.05, 4.69) is 20.0 Å². The van der Waals surface area contributed by atoms with Crippen molar-refractivity contribution < 1.29 is 17.2 Å². The monoisotopic (exact) mass is 442 g/mol. The first-order valence-corrected chi connectivity index (χ1v) is 11.1. The zero-order valence-electron chi connectivity index (χ0n) is 16.9. The van der Waals surface area contributed by atoms with Crippen LogP contribution in [0, 0.1) is 18.6 Å². The minimum absolute atomic E-state index is 0.0417. The van der Waals surface area contributed by atoms with E-state index in [1.54, 1.807) is 25.3 Å². The number of rotatable bonds is 4. The van der Waals surface area contributed by atoms with Crippen LogP contribution in [0.4, 0.5) is 14.5 Å². The molecule has 1 atom stereocenters. The van der Waals surface area contributed by atoms with Crippen LogP contribution in [0.25, 0.3) is 0 Å². The Morgan fingerprint density at radius 2 is 1.94 bits per heavy atom. The summed E-state index contributed by atoms with van der Waals surface area (Å²) in [5.41, 5.74) is 2.46. The Labute approximate surface area is 179 Å². The summed E-state index contributed by atoms with van der Waals surface area (Å²) in [6.07, 6.45) is 1.65. The first-order chi connectivity index (χ1) is 14.7. The lowest BCUT2D eigenvalue weighted by molar-refractivity contribution is 0.586. The van der Waals surface area contributed by atoms with Crippen molar-refractivity contribution in [1.29, 1.82) is 0 Å². The number of guanidine groups is 1. The molecule has 6 nitrogen and oxygen atoms in total.